The van der Waals surface area contributed by atoms with Crippen LogP contribution in [-0.4, -0.2) is 19.1 Å². The summed E-state index contributed by atoms with van der Waals surface area (Å²) in [6.07, 6.45) is 0. The van der Waals surface area contributed by atoms with Gasteiger partial charge in [-0.2, -0.15) is 0 Å². The van der Waals surface area contributed by atoms with Crippen molar-refractivity contribution in [3.05, 3.63) is 71.3 Å². The molecule has 0 bridgehead atoms. The van der Waals surface area contributed by atoms with E-state index >= 15 is 0 Å². The zero-order valence-electron chi connectivity index (χ0n) is 14.8. The van der Waals surface area contributed by atoms with E-state index in [1.165, 1.54) is 5.56 Å². The second-order valence-electron chi connectivity index (χ2n) is 6.21. The number of ether oxygens (including phenoxy) is 1. The highest BCUT2D eigenvalue weighted by molar-refractivity contribution is 5.85. The summed E-state index contributed by atoms with van der Waals surface area (Å²) in [6.45, 7) is 5.18. The van der Waals surface area contributed by atoms with Gasteiger partial charge in [-0.3, -0.25) is 4.79 Å². The Morgan fingerprint density at radius 2 is 1.64 bits per heavy atom. The van der Waals surface area contributed by atoms with Gasteiger partial charge < -0.3 is 15.8 Å². The van der Waals surface area contributed by atoms with Crippen LogP contribution in [0.2, 0.25) is 0 Å². The van der Waals surface area contributed by atoms with E-state index in [0.29, 0.717) is 19.1 Å². The number of halogens is 1. The van der Waals surface area contributed by atoms with Gasteiger partial charge in [0.2, 0.25) is 5.91 Å². The molecule has 1 atom stereocenters. The lowest BCUT2D eigenvalue weighted by molar-refractivity contribution is -0.126. The minimum absolute atomic E-state index is 0. The molecule has 2 aromatic rings. The van der Waals surface area contributed by atoms with E-state index in [2.05, 4.69) is 31.3 Å². The smallest absolute Gasteiger partial charge is 0.246 e. The first-order valence-electron chi connectivity index (χ1n) is 8.30. The first kappa shape index (κ1) is 21.2. The van der Waals surface area contributed by atoms with Crippen LogP contribution in [-0.2, 0) is 16.1 Å². The molecule has 5 heteroatoms. The van der Waals surface area contributed by atoms with Crippen molar-refractivity contribution in [2.24, 2.45) is 5.73 Å². The van der Waals surface area contributed by atoms with E-state index < -0.39 is 0 Å². The molecule has 0 aromatic heterocycles. The van der Waals surface area contributed by atoms with Gasteiger partial charge in [-0.1, -0.05) is 68.4 Å². The molecule has 0 aliphatic carbocycles. The summed E-state index contributed by atoms with van der Waals surface area (Å²) in [4.78, 5) is 11.8. The molecule has 0 radical (unpaired) electrons. The lowest BCUT2D eigenvalue weighted by atomic mass is 9.99. The SMILES string of the molecule is CC(C)c1ccc(C(N)CNC(=O)COCc2ccccc2)cc1.Cl. The number of nitrogens with one attached hydrogen (secondary N) is 1. The van der Waals surface area contributed by atoms with Crippen LogP contribution in [0, 0.1) is 0 Å². The largest absolute Gasteiger partial charge is 0.367 e. The van der Waals surface area contributed by atoms with Crippen molar-refractivity contribution in [3.8, 4) is 0 Å². The lowest BCUT2D eigenvalue weighted by Gasteiger charge is -2.14. The Kier molecular flexibility index (Phi) is 9.21. The van der Waals surface area contributed by atoms with Crippen molar-refractivity contribution in [3.63, 3.8) is 0 Å². The molecule has 2 rings (SSSR count). The molecule has 0 spiro atoms. The first-order chi connectivity index (χ1) is 11.6. The number of hydrogen-bond donors (Lipinski definition) is 2. The Hall–Kier alpha value is -1.88. The van der Waals surface area contributed by atoms with E-state index in [1.807, 2.05) is 42.5 Å². The van der Waals surface area contributed by atoms with Crippen LogP contribution in [0.15, 0.2) is 54.6 Å². The fraction of sp³-hybridized carbons (Fsp3) is 0.350. The Labute approximate surface area is 156 Å². The maximum absolute atomic E-state index is 11.8. The van der Waals surface area contributed by atoms with Crippen molar-refractivity contribution >= 4 is 18.3 Å². The minimum atomic E-state index is -0.218. The quantitative estimate of drug-likeness (QED) is 0.754. The molecule has 25 heavy (non-hydrogen) atoms. The van der Waals surface area contributed by atoms with Crippen LogP contribution >= 0.6 is 12.4 Å². The third-order valence-electron chi connectivity index (χ3n) is 3.90. The van der Waals surface area contributed by atoms with Gasteiger partial charge in [0.15, 0.2) is 0 Å². The van der Waals surface area contributed by atoms with Crippen molar-refractivity contribution in [1.29, 1.82) is 0 Å². The number of carbonyl (C=O) groups is 1. The topological polar surface area (TPSA) is 64.3 Å². The van der Waals surface area contributed by atoms with E-state index in [9.17, 15) is 4.79 Å². The first-order valence-corrected chi connectivity index (χ1v) is 8.30. The summed E-state index contributed by atoms with van der Waals surface area (Å²) in [6, 6.07) is 17.8. The van der Waals surface area contributed by atoms with Gasteiger partial charge >= 0.3 is 0 Å². The second kappa shape index (κ2) is 10.9. The zero-order chi connectivity index (χ0) is 17.4. The van der Waals surface area contributed by atoms with Gasteiger partial charge in [-0.25, -0.2) is 0 Å². The standard InChI is InChI=1S/C20H26N2O2.ClH/c1-15(2)17-8-10-18(11-9-17)19(21)12-22-20(23)14-24-13-16-6-4-3-5-7-16;/h3-11,15,19H,12-14,21H2,1-2H3,(H,22,23);1H. The zero-order valence-corrected chi connectivity index (χ0v) is 15.6. The number of rotatable bonds is 8. The number of nitrogens with two attached hydrogens (primary N) is 1. The van der Waals surface area contributed by atoms with Gasteiger partial charge in [-0.05, 0) is 22.6 Å². The third-order valence-corrected chi connectivity index (χ3v) is 3.90. The van der Waals surface area contributed by atoms with Gasteiger partial charge in [0.1, 0.15) is 6.61 Å². The van der Waals surface area contributed by atoms with Gasteiger partial charge in [0.05, 0.1) is 6.61 Å². The summed E-state index contributed by atoms with van der Waals surface area (Å²) in [7, 11) is 0. The molecule has 0 saturated carbocycles. The molecule has 3 N–H and O–H groups in total. The summed E-state index contributed by atoms with van der Waals surface area (Å²) < 4.78 is 5.41. The Balaban J connectivity index is 0.00000312. The Morgan fingerprint density at radius 3 is 2.24 bits per heavy atom. The minimum Gasteiger partial charge on any atom is -0.367 e. The van der Waals surface area contributed by atoms with Crippen LogP contribution in [0.25, 0.3) is 0 Å². The number of benzene rings is 2. The molecule has 2 aromatic carbocycles. The highest BCUT2D eigenvalue weighted by Crippen LogP contribution is 2.17. The maximum Gasteiger partial charge on any atom is 0.246 e. The fourth-order valence-electron chi connectivity index (χ4n) is 2.36. The van der Waals surface area contributed by atoms with E-state index in [4.69, 9.17) is 10.5 Å². The van der Waals surface area contributed by atoms with Gasteiger partial charge in [0, 0.05) is 12.6 Å². The van der Waals surface area contributed by atoms with Crippen molar-refractivity contribution in [2.45, 2.75) is 32.4 Å². The molecule has 1 unspecified atom stereocenters. The highest BCUT2D eigenvalue weighted by Gasteiger charge is 2.09. The van der Waals surface area contributed by atoms with E-state index in [-0.39, 0.29) is 31.0 Å². The van der Waals surface area contributed by atoms with E-state index in [0.717, 1.165) is 11.1 Å². The van der Waals surface area contributed by atoms with Crippen LogP contribution < -0.4 is 11.1 Å². The van der Waals surface area contributed by atoms with Crippen molar-refractivity contribution in [1.82, 2.24) is 5.32 Å². The van der Waals surface area contributed by atoms with Crippen molar-refractivity contribution in [2.75, 3.05) is 13.2 Å². The average Bonchev–Trinajstić information content (AvgIpc) is 2.60. The summed E-state index contributed by atoms with van der Waals surface area (Å²) in [5.74, 6) is 0.344. The molecule has 0 aliphatic heterocycles. The Bertz CT molecular complexity index is 630. The normalized spacial score (nSPS) is 11.7. The summed E-state index contributed by atoms with van der Waals surface area (Å²) >= 11 is 0. The van der Waals surface area contributed by atoms with Crippen LogP contribution in [0.1, 0.15) is 42.5 Å². The molecular weight excluding hydrogens is 336 g/mol. The van der Waals surface area contributed by atoms with Crippen LogP contribution in [0.4, 0.5) is 0 Å². The van der Waals surface area contributed by atoms with Crippen molar-refractivity contribution < 1.29 is 9.53 Å². The fourth-order valence-corrected chi connectivity index (χ4v) is 2.36. The van der Waals surface area contributed by atoms with Crippen LogP contribution in [0.3, 0.4) is 0 Å². The third kappa shape index (κ3) is 7.26. The second-order valence-corrected chi connectivity index (χ2v) is 6.21. The van der Waals surface area contributed by atoms with E-state index in [1.54, 1.807) is 0 Å². The number of hydrogen-bond acceptors (Lipinski definition) is 3. The van der Waals surface area contributed by atoms with Gasteiger partial charge in [0.25, 0.3) is 0 Å². The molecule has 0 saturated heterocycles. The molecular formula is C20H27ClN2O2. The van der Waals surface area contributed by atoms with Gasteiger partial charge in [-0.15, -0.1) is 12.4 Å². The highest BCUT2D eigenvalue weighted by atomic mass is 35.5. The van der Waals surface area contributed by atoms with Crippen LogP contribution in [0.5, 0.6) is 0 Å². The summed E-state index contributed by atoms with van der Waals surface area (Å²) in [5, 5.41) is 2.82. The molecule has 136 valence electrons. The predicted molar refractivity (Wildman–Crippen MR) is 104 cm³/mol. The number of amides is 1. The molecule has 1 amide bonds. The number of carbonyl (C=O) groups excluding carboxylic acids is 1. The molecule has 0 fully saturated rings. The Morgan fingerprint density at radius 1 is 1.04 bits per heavy atom. The average molecular weight is 363 g/mol. The lowest BCUT2D eigenvalue weighted by Crippen LogP contribution is -2.34. The predicted octanol–water partition coefficient (Wildman–Crippen LogP) is 3.56. The molecule has 4 nitrogen and oxygen atoms in total. The molecule has 0 aliphatic rings. The monoisotopic (exact) mass is 362 g/mol. The maximum atomic E-state index is 11.8. The molecule has 0 heterocycles. The summed E-state index contributed by atoms with van der Waals surface area (Å²) in [5.41, 5.74) is 9.48.